The zero-order valence-corrected chi connectivity index (χ0v) is 13.2. The molecule has 0 aromatic heterocycles. The Kier molecular flexibility index (Phi) is 5.27. The number of carbonyl (C=O) groups is 1. The third-order valence-corrected chi connectivity index (χ3v) is 4.53. The second-order valence-electron chi connectivity index (χ2n) is 6.70. The van der Waals surface area contributed by atoms with Gasteiger partial charge in [0.15, 0.2) is 0 Å². The van der Waals surface area contributed by atoms with E-state index in [-0.39, 0.29) is 24.2 Å². The summed E-state index contributed by atoms with van der Waals surface area (Å²) in [6.45, 7) is 6.65. The number of benzene rings is 1. The Labute approximate surface area is 127 Å². The number of rotatable bonds is 4. The summed E-state index contributed by atoms with van der Waals surface area (Å²) in [5, 5.41) is 9.26. The summed E-state index contributed by atoms with van der Waals surface area (Å²) < 4.78 is 5.77. The van der Waals surface area contributed by atoms with E-state index in [1.165, 1.54) is 6.42 Å². The van der Waals surface area contributed by atoms with E-state index in [9.17, 15) is 9.90 Å². The number of esters is 1. The van der Waals surface area contributed by atoms with Crippen molar-refractivity contribution in [2.75, 3.05) is 0 Å². The van der Waals surface area contributed by atoms with Gasteiger partial charge in [0.1, 0.15) is 11.9 Å². The first-order chi connectivity index (χ1) is 9.95. The van der Waals surface area contributed by atoms with Crippen LogP contribution in [0.15, 0.2) is 24.3 Å². The highest BCUT2D eigenvalue weighted by Gasteiger charge is 2.33. The summed E-state index contributed by atoms with van der Waals surface area (Å²) in [5.41, 5.74) is 0.878. The third kappa shape index (κ3) is 4.48. The molecule has 1 aromatic rings. The molecule has 1 N–H and O–H groups in total. The molecule has 2 rings (SSSR count). The first-order valence-electron chi connectivity index (χ1n) is 7.93. The van der Waals surface area contributed by atoms with Gasteiger partial charge in [-0.2, -0.15) is 0 Å². The molecule has 0 saturated heterocycles. The number of phenolic OH excluding ortho intramolecular Hbond substituents is 1. The van der Waals surface area contributed by atoms with Gasteiger partial charge in [0.05, 0.1) is 6.42 Å². The van der Waals surface area contributed by atoms with Crippen LogP contribution in [0.5, 0.6) is 5.75 Å². The fourth-order valence-electron chi connectivity index (χ4n) is 3.24. The number of ether oxygens (including phenoxy) is 1. The van der Waals surface area contributed by atoms with Gasteiger partial charge in [-0.3, -0.25) is 4.79 Å². The van der Waals surface area contributed by atoms with Crippen molar-refractivity contribution in [3.8, 4) is 5.75 Å². The van der Waals surface area contributed by atoms with Crippen LogP contribution in [-0.4, -0.2) is 17.2 Å². The minimum atomic E-state index is -0.162. The van der Waals surface area contributed by atoms with Crippen molar-refractivity contribution in [3.63, 3.8) is 0 Å². The maximum Gasteiger partial charge on any atom is 0.310 e. The van der Waals surface area contributed by atoms with Gasteiger partial charge in [-0.15, -0.1) is 0 Å². The molecule has 1 saturated carbocycles. The number of hydrogen-bond donors (Lipinski definition) is 1. The Morgan fingerprint density at radius 3 is 2.57 bits per heavy atom. The van der Waals surface area contributed by atoms with Crippen molar-refractivity contribution in [2.45, 2.75) is 52.6 Å². The molecule has 0 heterocycles. The van der Waals surface area contributed by atoms with Gasteiger partial charge in [-0.1, -0.05) is 39.3 Å². The van der Waals surface area contributed by atoms with Crippen LogP contribution >= 0.6 is 0 Å². The fraction of sp³-hybridized carbons (Fsp3) is 0.611. The lowest BCUT2D eigenvalue weighted by atomic mass is 9.75. The second kappa shape index (κ2) is 6.97. The van der Waals surface area contributed by atoms with Crippen molar-refractivity contribution in [2.24, 2.45) is 17.8 Å². The number of phenols is 1. The highest BCUT2D eigenvalue weighted by molar-refractivity contribution is 5.72. The van der Waals surface area contributed by atoms with Crippen molar-refractivity contribution < 1.29 is 14.6 Å². The first kappa shape index (κ1) is 15.9. The molecular formula is C18H26O3. The van der Waals surface area contributed by atoms with E-state index in [4.69, 9.17) is 4.74 Å². The average Bonchev–Trinajstić information content (AvgIpc) is 2.41. The molecule has 0 radical (unpaired) electrons. The van der Waals surface area contributed by atoms with Gasteiger partial charge in [0.2, 0.25) is 0 Å². The predicted molar refractivity (Wildman–Crippen MR) is 83.0 cm³/mol. The number of aromatic hydroxyl groups is 1. The molecule has 0 amide bonds. The SMILES string of the molecule is CC1CCC(C(C)C)C(OC(=O)Cc2ccc(O)cc2)C1. The Morgan fingerprint density at radius 1 is 1.29 bits per heavy atom. The molecule has 3 atom stereocenters. The molecule has 0 aliphatic heterocycles. The first-order valence-corrected chi connectivity index (χ1v) is 7.93. The van der Waals surface area contributed by atoms with Crippen LogP contribution in [0, 0.1) is 17.8 Å². The number of carbonyl (C=O) groups excluding carboxylic acids is 1. The van der Waals surface area contributed by atoms with Crippen LogP contribution in [0.1, 0.15) is 45.6 Å². The van der Waals surface area contributed by atoms with Crippen LogP contribution < -0.4 is 0 Å². The van der Waals surface area contributed by atoms with Gasteiger partial charge >= 0.3 is 5.97 Å². The summed E-state index contributed by atoms with van der Waals surface area (Å²) in [5.74, 6) is 1.71. The molecule has 3 heteroatoms. The summed E-state index contributed by atoms with van der Waals surface area (Å²) in [7, 11) is 0. The summed E-state index contributed by atoms with van der Waals surface area (Å²) in [4.78, 5) is 12.2. The van der Waals surface area contributed by atoms with Gasteiger partial charge in [-0.05, 0) is 48.3 Å². The molecule has 1 aliphatic carbocycles. The molecule has 3 unspecified atom stereocenters. The van der Waals surface area contributed by atoms with Crippen LogP contribution in [0.2, 0.25) is 0 Å². The predicted octanol–water partition coefficient (Wildman–Crippen LogP) is 3.94. The average molecular weight is 290 g/mol. The Bertz CT molecular complexity index is 464. The molecule has 0 bridgehead atoms. The van der Waals surface area contributed by atoms with E-state index in [0.717, 1.165) is 18.4 Å². The Morgan fingerprint density at radius 2 is 1.95 bits per heavy atom. The minimum Gasteiger partial charge on any atom is -0.508 e. The Hall–Kier alpha value is -1.51. The van der Waals surface area contributed by atoms with Crippen molar-refractivity contribution in [3.05, 3.63) is 29.8 Å². The third-order valence-electron chi connectivity index (χ3n) is 4.53. The van der Waals surface area contributed by atoms with E-state index in [1.807, 2.05) is 0 Å². The lowest BCUT2D eigenvalue weighted by Crippen LogP contribution is -2.36. The molecule has 116 valence electrons. The van der Waals surface area contributed by atoms with E-state index in [2.05, 4.69) is 20.8 Å². The van der Waals surface area contributed by atoms with Crippen molar-refractivity contribution >= 4 is 5.97 Å². The second-order valence-corrected chi connectivity index (χ2v) is 6.70. The topological polar surface area (TPSA) is 46.5 Å². The van der Waals surface area contributed by atoms with Crippen molar-refractivity contribution in [1.29, 1.82) is 0 Å². The largest absolute Gasteiger partial charge is 0.508 e. The Balaban J connectivity index is 1.94. The smallest absolute Gasteiger partial charge is 0.310 e. The highest BCUT2D eigenvalue weighted by Crippen LogP contribution is 2.35. The van der Waals surface area contributed by atoms with E-state index >= 15 is 0 Å². The van der Waals surface area contributed by atoms with Crippen LogP contribution in [0.3, 0.4) is 0 Å². The zero-order chi connectivity index (χ0) is 15.4. The van der Waals surface area contributed by atoms with Crippen molar-refractivity contribution in [1.82, 2.24) is 0 Å². The van der Waals surface area contributed by atoms with Crippen LogP contribution in [-0.2, 0) is 16.0 Å². The molecule has 3 nitrogen and oxygen atoms in total. The monoisotopic (exact) mass is 290 g/mol. The molecule has 1 aliphatic rings. The minimum absolute atomic E-state index is 0.0540. The molecule has 1 fully saturated rings. The number of hydrogen-bond acceptors (Lipinski definition) is 3. The normalized spacial score (nSPS) is 25.8. The molecule has 1 aromatic carbocycles. The maximum absolute atomic E-state index is 12.2. The van der Waals surface area contributed by atoms with Gasteiger partial charge < -0.3 is 9.84 Å². The van der Waals surface area contributed by atoms with E-state index < -0.39 is 0 Å². The zero-order valence-electron chi connectivity index (χ0n) is 13.2. The van der Waals surface area contributed by atoms with Gasteiger partial charge in [0.25, 0.3) is 0 Å². The summed E-state index contributed by atoms with van der Waals surface area (Å²) >= 11 is 0. The lowest BCUT2D eigenvalue weighted by molar-refractivity contribution is -0.155. The van der Waals surface area contributed by atoms with E-state index in [1.54, 1.807) is 24.3 Å². The summed E-state index contributed by atoms with van der Waals surface area (Å²) in [6.07, 6.45) is 3.68. The maximum atomic E-state index is 12.2. The molecular weight excluding hydrogens is 264 g/mol. The van der Waals surface area contributed by atoms with Crippen LogP contribution in [0.4, 0.5) is 0 Å². The molecule has 21 heavy (non-hydrogen) atoms. The lowest BCUT2D eigenvalue weighted by Gasteiger charge is -2.36. The highest BCUT2D eigenvalue weighted by atomic mass is 16.5. The van der Waals surface area contributed by atoms with Gasteiger partial charge in [0, 0.05) is 0 Å². The molecule has 0 spiro atoms. The van der Waals surface area contributed by atoms with Gasteiger partial charge in [-0.25, -0.2) is 0 Å². The van der Waals surface area contributed by atoms with E-state index in [0.29, 0.717) is 17.8 Å². The summed E-state index contributed by atoms with van der Waals surface area (Å²) in [6, 6.07) is 6.73. The quantitative estimate of drug-likeness (QED) is 0.854. The standard InChI is InChI=1S/C18H26O3/c1-12(2)16-9-4-13(3)10-17(16)21-18(20)11-14-5-7-15(19)8-6-14/h5-8,12-13,16-17,19H,4,9-11H2,1-3H3. The van der Waals surface area contributed by atoms with Crippen LogP contribution in [0.25, 0.3) is 0 Å². The fourth-order valence-corrected chi connectivity index (χ4v) is 3.24.